The van der Waals surface area contributed by atoms with E-state index in [0.717, 1.165) is 16.9 Å². The van der Waals surface area contributed by atoms with Crippen LogP contribution in [0.2, 0.25) is 5.15 Å². The quantitative estimate of drug-likeness (QED) is 0.747. The fraction of sp³-hybridized carbons (Fsp3) is 0.667. The number of pyridine rings is 1. The third-order valence-electron chi connectivity index (χ3n) is 6.34. The number of carbonyl (C=O) groups excluding carboxylic acids is 1. The summed E-state index contributed by atoms with van der Waals surface area (Å²) in [4.78, 5) is 18.0. The molecule has 6 unspecified atom stereocenters. The number of hydrogen-bond acceptors (Lipinski definition) is 4. The van der Waals surface area contributed by atoms with Gasteiger partial charge in [0.05, 0.1) is 5.92 Å². The second kappa shape index (κ2) is 6.90. The number of carbonyl (C=O) groups is 1. The lowest BCUT2D eigenvalue weighted by atomic mass is 9.64. The van der Waals surface area contributed by atoms with Crippen LogP contribution in [0, 0.1) is 17.8 Å². The Bertz CT molecular complexity index is 731. The maximum Gasteiger partial charge on any atom is 0.406 e. The van der Waals surface area contributed by atoms with Crippen molar-refractivity contribution in [3.8, 4) is 0 Å². The molecule has 2 N–H and O–H groups in total. The third kappa shape index (κ3) is 3.43. The van der Waals surface area contributed by atoms with E-state index in [9.17, 15) is 18.0 Å². The highest BCUT2D eigenvalue weighted by Gasteiger charge is 2.55. The van der Waals surface area contributed by atoms with Gasteiger partial charge in [-0.05, 0) is 42.2 Å². The molecule has 9 heteroatoms. The minimum atomic E-state index is -4.42. The van der Waals surface area contributed by atoms with E-state index in [-0.39, 0.29) is 23.8 Å². The molecule has 0 radical (unpaired) electrons. The molecule has 6 atom stereocenters. The molecule has 1 aliphatic carbocycles. The second-order valence-electron chi connectivity index (χ2n) is 7.91. The molecule has 3 fully saturated rings. The zero-order valence-corrected chi connectivity index (χ0v) is 15.6. The van der Waals surface area contributed by atoms with Gasteiger partial charge in [0, 0.05) is 24.8 Å². The van der Waals surface area contributed by atoms with Crippen LogP contribution in [0.3, 0.4) is 0 Å². The number of aromatic nitrogens is 1. The number of likely N-dealkylation sites (tertiary alicyclic amines) is 1. The number of rotatable bonds is 2. The van der Waals surface area contributed by atoms with Crippen LogP contribution < -0.4 is 10.9 Å². The second-order valence-corrected chi connectivity index (χ2v) is 8.27. The molecule has 3 aliphatic rings. The molecule has 0 spiro atoms. The summed E-state index contributed by atoms with van der Waals surface area (Å²) in [6, 6.07) is 3.08. The Kier molecular flexibility index (Phi) is 4.84. The smallest absolute Gasteiger partial charge is 0.330 e. The number of nitrogens with one attached hydrogen (secondary N) is 2. The summed E-state index contributed by atoms with van der Waals surface area (Å²) in [7, 11) is 0. The Morgan fingerprint density at radius 1 is 1.33 bits per heavy atom. The van der Waals surface area contributed by atoms with Gasteiger partial charge in [0.2, 0.25) is 5.91 Å². The number of piperidine rings is 1. The zero-order valence-electron chi connectivity index (χ0n) is 14.8. The molecule has 3 heterocycles. The predicted octanol–water partition coefficient (Wildman–Crippen LogP) is 2.73. The molecule has 4 rings (SSSR count). The lowest BCUT2D eigenvalue weighted by molar-refractivity contribution is -0.179. The number of hydrazine groups is 1. The molecule has 1 saturated carbocycles. The lowest BCUT2D eigenvalue weighted by Crippen LogP contribution is -2.64. The van der Waals surface area contributed by atoms with Crippen molar-refractivity contribution in [3.63, 3.8) is 0 Å². The Labute approximate surface area is 160 Å². The highest BCUT2D eigenvalue weighted by molar-refractivity contribution is 6.30. The Morgan fingerprint density at radius 3 is 2.81 bits per heavy atom. The van der Waals surface area contributed by atoms with E-state index in [1.807, 2.05) is 6.07 Å². The third-order valence-corrected chi connectivity index (χ3v) is 6.66. The molecule has 2 aliphatic heterocycles. The summed E-state index contributed by atoms with van der Waals surface area (Å²) < 4.78 is 39.7. The number of fused-ring (bicyclic) bond motifs is 3. The van der Waals surface area contributed by atoms with E-state index in [1.165, 1.54) is 0 Å². The van der Waals surface area contributed by atoms with E-state index in [2.05, 4.69) is 22.8 Å². The van der Waals surface area contributed by atoms with Crippen LogP contribution in [0.5, 0.6) is 0 Å². The first-order chi connectivity index (χ1) is 12.8. The summed E-state index contributed by atoms with van der Waals surface area (Å²) in [5.74, 6) is -0.674. The zero-order chi connectivity index (χ0) is 19.3. The van der Waals surface area contributed by atoms with Crippen molar-refractivity contribution in [2.75, 3.05) is 13.1 Å². The van der Waals surface area contributed by atoms with Crippen LogP contribution in [-0.4, -0.2) is 47.1 Å². The molecule has 1 aromatic heterocycles. The van der Waals surface area contributed by atoms with Gasteiger partial charge in [-0.25, -0.2) is 4.98 Å². The van der Waals surface area contributed by atoms with Crippen molar-refractivity contribution in [3.05, 3.63) is 29.0 Å². The normalized spacial score (nSPS) is 36.5. The Balaban J connectivity index is 1.68. The molecular formula is C18H22ClF3N4O. The topological polar surface area (TPSA) is 57.3 Å². The van der Waals surface area contributed by atoms with Crippen molar-refractivity contribution >= 4 is 17.5 Å². The number of halogens is 4. The number of amides is 1. The van der Waals surface area contributed by atoms with Gasteiger partial charge >= 0.3 is 6.18 Å². The highest BCUT2D eigenvalue weighted by atomic mass is 35.5. The Hall–Kier alpha value is -1.38. The van der Waals surface area contributed by atoms with Crippen LogP contribution in [-0.2, 0) is 4.79 Å². The molecule has 0 aromatic carbocycles. The van der Waals surface area contributed by atoms with Gasteiger partial charge < -0.3 is 4.90 Å². The molecule has 2 saturated heterocycles. The molecule has 5 nitrogen and oxygen atoms in total. The van der Waals surface area contributed by atoms with Gasteiger partial charge in [0.1, 0.15) is 11.7 Å². The molecule has 0 bridgehead atoms. The summed E-state index contributed by atoms with van der Waals surface area (Å²) in [6.45, 7) is 1.28. The minimum absolute atomic E-state index is 0.0215. The highest BCUT2D eigenvalue weighted by Crippen LogP contribution is 2.48. The summed E-state index contributed by atoms with van der Waals surface area (Å²) in [5, 5.41) is 0.385. The van der Waals surface area contributed by atoms with Gasteiger partial charge in [-0.3, -0.25) is 15.6 Å². The largest absolute Gasteiger partial charge is 0.406 e. The Morgan fingerprint density at radius 2 is 2.11 bits per heavy atom. The first-order valence-electron chi connectivity index (χ1n) is 9.22. The van der Waals surface area contributed by atoms with E-state index < -0.39 is 30.6 Å². The molecular weight excluding hydrogens is 381 g/mol. The summed E-state index contributed by atoms with van der Waals surface area (Å²) in [6.07, 6.45) is -1.63. The average molecular weight is 403 g/mol. The van der Waals surface area contributed by atoms with Gasteiger partial charge in [0.15, 0.2) is 0 Å². The molecule has 1 amide bonds. The van der Waals surface area contributed by atoms with Gasteiger partial charge in [-0.1, -0.05) is 24.6 Å². The van der Waals surface area contributed by atoms with Crippen LogP contribution in [0.15, 0.2) is 18.3 Å². The van der Waals surface area contributed by atoms with Gasteiger partial charge in [-0.2, -0.15) is 13.2 Å². The van der Waals surface area contributed by atoms with Gasteiger partial charge in [0.25, 0.3) is 0 Å². The fourth-order valence-electron chi connectivity index (χ4n) is 5.20. The number of alkyl halides is 3. The fourth-order valence-corrected chi connectivity index (χ4v) is 5.46. The average Bonchev–Trinajstić information content (AvgIpc) is 3.08. The molecule has 27 heavy (non-hydrogen) atoms. The standard InChI is InChI=1S/C18H22ClF3N4O/c1-9-5-12-14(6-11(9)10-3-2-4-23-16(10)19)26(8-18(20,21)22)17(27)13-7-24-25-15(12)13/h2-4,9,11-15,24-25H,5-8H2,1H3. The lowest BCUT2D eigenvalue weighted by Gasteiger charge is -2.52. The SMILES string of the molecule is CC1CC2C3NNCC3C(=O)N(CC(F)(F)F)C2CC1c1cccnc1Cl. The van der Waals surface area contributed by atoms with Gasteiger partial charge in [-0.15, -0.1) is 0 Å². The first-order valence-corrected chi connectivity index (χ1v) is 9.60. The monoisotopic (exact) mass is 402 g/mol. The number of nitrogens with zero attached hydrogens (tertiary/aromatic N) is 2. The maximum atomic E-state index is 13.2. The van der Waals surface area contributed by atoms with Crippen LogP contribution in [0.25, 0.3) is 0 Å². The van der Waals surface area contributed by atoms with Crippen molar-refractivity contribution in [2.45, 2.75) is 43.9 Å². The van der Waals surface area contributed by atoms with Crippen molar-refractivity contribution in [1.82, 2.24) is 20.7 Å². The molecule has 148 valence electrons. The van der Waals surface area contributed by atoms with Crippen molar-refractivity contribution < 1.29 is 18.0 Å². The molecule has 1 aromatic rings. The van der Waals surface area contributed by atoms with Crippen LogP contribution in [0.4, 0.5) is 13.2 Å². The van der Waals surface area contributed by atoms with E-state index >= 15 is 0 Å². The summed E-state index contributed by atoms with van der Waals surface area (Å²) >= 11 is 6.26. The predicted molar refractivity (Wildman–Crippen MR) is 93.8 cm³/mol. The van der Waals surface area contributed by atoms with Crippen molar-refractivity contribution in [2.24, 2.45) is 17.8 Å². The minimum Gasteiger partial charge on any atom is -0.330 e. The van der Waals surface area contributed by atoms with E-state index in [1.54, 1.807) is 12.3 Å². The maximum absolute atomic E-state index is 13.2. The number of hydrogen-bond donors (Lipinski definition) is 2. The van der Waals surface area contributed by atoms with Crippen molar-refractivity contribution in [1.29, 1.82) is 0 Å². The van der Waals surface area contributed by atoms with Crippen LogP contribution in [0.1, 0.15) is 31.2 Å². The van der Waals surface area contributed by atoms with Crippen LogP contribution >= 0.6 is 11.6 Å². The first kappa shape index (κ1) is 19.0. The van der Waals surface area contributed by atoms with E-state index in [4.69, 9.17) is 11.6 Å². The summed E-state index contributed by atoms with van der Waals surface area (Å²) in [5.41, 5.74) is 6.96. The van der Waals surface area contributed by atoms with E-state index in [0.29, 0.717) is 18.1 Å².